The van der Waals surface area contributed by atoms with Crippen molar-refractivity contribution in [1.29, 1.82) is 0 Å². The third-order valence-corrected chi connectivity index (χ3v) is 6.27. The second-order valence-corrected chi connectivity index (χ2v) is 8.96. The van der Waals surface area contributed by atoms with Crippen molar-refractivity contribution in [3.8, 4) is 28.5 Å². The summed E-state index contributed by atoms with van der Waals surface area (Å²) < 4.78 is 21.1. The minimum atomic E-state index is -0.344. The van der Waals surface area contributed by atoms with Gasteiger partial charge in [0, 0.05) is 23.4 Å². The van der Waals surface area contributed by atoms with E-state index in [0.717, 1.165) is 0 Å². The van der Waals surface area contributed by atoms with E-state index >= 15 is 0 Å². The number of aromatic amines is 1. The second kappa shape index (κ2) is 9.24. The maximum absolute atomic E-state index is 13.5. The highest BCUT2D eigenvalue weighted by molar-refractivity contribution is 7.99. The number of pyridine rings is 1. The van der Waals surface area contributed by atoms with Gasteiger partial charge in [-0.05, 0) is 49.4 Å². The van der Waals surface area contributed by atoms with Crippen molar-refractivity contribution >= 4 is 23.4 Å². The highest BCUT2D eigenvalue weighted by atomic mass is 35.5. The summed E-state index contributed by atoms with van der Waals surface area (Å²) >= 11 is 7.84. The molecule has 0 aliphatic heterocycles. The first-order valence-electron chi connectivity index (χ1n) is 10.1. The Morgan fingerprint density at radius 3 is 2.59 bits per heavy atom. The number of aromatic nitrogens is 6. The number of halogens is 2. The number of para-hydroxylation sites is 1. The van der Waals surface area contributed by atoms with Crippen LogP contribution in [0.3, 0.4) is 0 Å². The van der Waals surface area contributed by atoms with E-state index in [1.165, 1.54) is 36.2 Å². The summed E-state index contributed by atoms with van der Waals surface area (Å²) in [6.07, 6.45) is 1.52. The number of thioether (sulfide) groups is 1. The van der Waals surface area contributed by atoms with Gasteiger partial charge in [0.05, 0.1) is 16.0 Å². The van der Waals surface area contributed by atoms with E-state index in [4.69, 9.17) is 16.0 Å². The Morgan fingerprint density at radius 1 is 1.03 bits per heavy atom. The van der Waals surface area contributed by atoms with Crippen LogP contribution < -0.4 is 5.56 Å². The molecular weight excluding hydrogens is 479 g/mol. The first kappa shape index (κ1) is 22.1. The molecule has 3 heterocycles. The van der Waals surface area contributed by atoms with Crippen LogP contribution in [0, 0.1) is 5.82 Å². The fourth-order valence-electron chi connectivity index (χ4n) is 3.28. The second-order valence-electron chi connectivity index (χ2n) is 7.25. The smallest absolute Gasteiger partial charge is 0.248 e. The van der Waals surface area contributed by atoms with Crippen LogP contribution in [0.1, 0.15) is 18.1 Å². The van der Waals surface area contributed by atoms with Crippen molar-refractivity contribution in [2.24, 2.45) is 0 Å². The summed E-state index contributed by atoms with van der Waals surface area (Å²) in [4.78, 5) is 14.1. The molecule has 0 radical (unpaired) electrons. The molecule has 0 aliphatic carbocycles. The molecule has 0 fully saturated rings. The summed E-state index contributed by atoms with van der Waals surface area (Å²) in [5, 5.41) is 17.7. The molecule has 2 aromatic carbocycles. The molecule has 0 bridgehead atoms. The third-order valence-electron chi connectivity index (χ3n) is 4.92. The van der Waals surface area contributed by atoms with Gasteiger partial charge in [-0.2, -0.15) is 0 Å². The lowest BCUT2D eigenvalue weighted by molar-refractivity contribution is 0.508. The molecule has 5 rings (SSSR count). The van der Waals surface area contributed by atoms with Gasteiger partial charge in [0.25, 0.3) is 0 Å². The van der Waals surface area contributed by atoms with Crippen LogP contribution in [0.4, 0.5) is 4.39 Å². The monoisotopic (exact) mass is 494 g/mol. The minimum Gasteiger partial charge on any atom is -0.419 e. The van der Waals surface area contributed by atoms with Gasteiger partial charge in [0.2, 0.25) is 17.3 Å². The zero-order valence-corrected chi connectivity index (χ0v) is 19.2. The lowest BCUT2D eigenvalue weighted by atomic mass is 10.2. The molecule has 0 aliphatic rings. The molecule has 11 heteroatoms. The van der Waals surface area contributed by atoms with E-state index in [1.807, 2.05) is 29.7 Å². The Labute approximate surface area is 201 Å². The summed E-state index contributed by atoms with van der Waals surface area (Å²) in [6, 6.07) is 16.4. The normalized spacial score (nSPS) is 12.1. The van der Waals surface area contributed by atoms with Crippen LogP contribution in [-0.4, -0.2) is 29.9 Å². The van der Waals surface area contributed by atoms with Crippen molar-refractivity contribution < 1.29 is 8.81 Å². The van der Waals surface area contributed by atoms with Crippen molar-refractivity contribution in [2.75, 3.05) is 0 Å². The Balaban J connectivity index is 1.51. The van der Waals surface area contributed by atoms with Crippen molar-refractivity contribution in [3.05, 3.63) is 93.9 Å². The van der Waals surface area contributed by atoms with Gasteiger partial charge in [-0.25, -0.2) is 4.39 Å². The van der Waals surface area contributed by atoms with Gasteiger partial charge >= 0.3 is 0 Å². The molecule has 8 nitrogen and oxygen atoms in total. The number of hydrogen-bond acceptors (Lipinski definition) is 7. The highest BCUT2D eigenvalue weighted by Crippen LogP contribution is 2.38. The van der Waals surface area contributed by atoms with Crippen molar-refractivity contribution in [2.45, 2.75) is 17.3 Å². The minimum absolute atomic E-state index is 0.244. The third kappa shape index (κ3) is 4.37. The fraction of sp³-hybridized carbons (Fsp3) is 0.0870. The van der Waals surface area contributed by atoms with Gasteiger partial charge < -0.3 is 9.40 Å². The van der Waals surface area contributed by atoms with E-state index < -0.39 is 0 Å². The molecule has 5 aromatic rings. The summed E-state index contributed by atoms with van der Waals surface area (Å²) in [5.41, 5.74) is 1.62. The summed E-state index contributed by atoms with van der Waals surface area (Å²) in [6.45, 7) is 1.89. The fourth-order valence-corrected chi connectivity index (χ4v) is 4.39. The predicted molar refractivity (Wildman–Crippen MR) is 126 cm³/mol. The molecule has 0 saturated heterocycles. The maximum atomic E-state index is 13.5. The van der Waals surface area contributed by atoms with E-state index in [0.29, 0.717) is 38.7 Å². The Hall–Kier alpha value is -3.76. The number of nitrogens with one attached hydrogen (secondary N) is 1. The average molecular weight is 495 g/mol. The summed E-state index contributed by atoms with van der Waals surface area (Å²) in [5.74, 6) is 0.770. The van der Waals surface area contributed by atoms with Crippen molar-refractivity contribution in [1.82, 2.24) is 29.9 Å². The lowest BCUT2D eigenvalue weighted by Gasteiger charge is -2.13. The Morgan fingerprint density at radius 2 is 1.82 bits per heavy atom. The SMILES string of the molecule is CC(Sc1nnc(-c2ccc(F)cc2)n1-c1ccccc1Cl)c1nnc(-c2cc[nH]c(=O)c2)o1. The van der Waals surface area contributed by atoms with Crippen LogP contribution in [0.2, 0.25) is 5.02 Å². The van der Waals surface area contributed by atoms with Crippen LogP contribution >= 0.6 is 23.4 Å². The average Bonchev–Trinajstić information content (AvgIpc) is 3.48. The quantitative estimate of drug-likeness (QED) is 0.319. The number of H-pyrrole nitrogens is 1. The molecule has 1 unspecified atom stereocenters. The number of rotatable bonds is 6. The van der Waals surface area contributed by atoms with Crippen LogP contribution in [-0.2, 0) is 0 Å². The van der Waals surface area contributed by atoms with Crippen LogP contribution in [0.5, 0.6) is 0 Å². The molecule has 170 valence electrons. The molecule has 1 N–H and O–H groups in total. The number of nitrogens with zero attached hydrogens (tertiary/aromatic N) is 5. The Bertz CT molecular complexity index is 1510. The van der Waals surface area contributed by atoms with Gasteiger partial charge in [-0.1, -0.05) is 35.5 Å². The van der Waals surface area contributed by atoms with E-state index in [9.17, 15) is 9.18 Å². The zero-order valence-electron chi connectivity index (χ0n) is 17.6. The zero-order chi connectivity index (χ0) is 23.7. The molecule has 0 amide bonds. The largest absolute Gasteiger partial charge is 0.419 e. The first-order valence-corrected chi connectivity index (χ1v) is 11.4. The molecular formula is C23H16ClFN6O2S. The standard InChI is InChI=1S/C23H16ClFN6O2S/c1-13(21-28-29-22(33-21)15-10-11-26-19(32)12-15)34-23-30-27-20(14-6-8-16(25)9-7-14)31(23)18-5-3-2-4-17(18)24/h2-13H,1H3,(H,26,32). The molecule has 3 aromatic heterocycles. The maximum Gasteiger partial charge on any atom is 0.248 e. The van der Waals surface area contributed by atoms with Gasteiger partial charge in [-0.15, -0.1) is 20.4 Å². The van der Waals surface area contributed by atoms with Crippen LogP contribution in [0.25, 0.3) is 28.5 Å². The molecule has 34 heavy (non-hydrogen) atoms. The van der Waals surface area contributed by atoms with E-state index in [2.05, 4.69) is 25.4 Å². The van der Waals surface area contributed by atoms with E-state index in [1.54, 1.807) is 24.3 Å². The molecule has 1 atom stereocenters. The first-order chi connectivity index (χ1) is 16.5. The van der Waals surface area contributed by atoms with Crippen molar-refractivity contribution in [3.63, 3.8) is 0 Å². The topological polar surface area (TPSA) is 102 Å². The molecule has 0 spiro atoms. The van der Waals surface area contributed by atoms with Crippen LogP contribution in [0.15, 0.2) is 81.2 Å². The van der Waals surface area contributed by atoms with Gasteiger partial charge in [0.1, 0.15) is 5.82 Å². The number of benzene rings is 2. The summed E-state index contributed by atoms with van der Waals surface area (Å²) in [7, 11) is 0. The van der Waals surface area contributed by atoms with E-state index in [-0.39, 0.29) is 22.5 Å². The van der Waals surface area contributed by atoms with Gasteiger partial charge in [-0.3, -0.25) is 9.36 Å². The lowest BCUT2D eigenvalue weighted by Crippen LogP contribution is -2.02. The Kier molecular flexibility index (Phi) is 5.99. The highest BCUT2D eigenvalue weighted by Gasteiger charge is 2.23. The van der Waals surface area contributed by atoms with Gasteiger partial charge in [0.15, 0.2) is 11.0 Å². The predicted octanol–water partition coefficient (Wildman–Crippen LogP) is 5.32. The number of hydrogen-bond donors (Lipinski definition) is 1. The molecule has 0 saturated carbocycles.